The van der Waals surface area contributed by atoms with Crippen molar-refractivity contribution in [3.63, 3.8) is 0 Å². The number of hydrogen-bond acceptors (Lipinski definition) is 4. The molecule has 0 fully saturated rings. The van der Waals surface area contributed by atoms with Crippen LogP contribution in [0.4, 0.5) is 4.39 Å². The molecule has 0 radical (unpaired) electrons. The summed E-state index contributed by atoms with van der Waals surface area (Å²) in [5.41, 5.74) is 0.284. The van der Waals surface area contributed by atoms with E-state index in [1.165, 1.54) is 25.3 Å². The molecule has 0 aliphatic heterocycles. The second-order valence-electron chi connectivity index (χ2n) is 4.32. The molecule has 1 N–H and O–H groups in total. The van der Waals surface area contributed by atoms with Crippen molar-refractivity contribution in [2.75, 3.05) is 13.7 Å². The van der Waals surface area contributed by atoms with E-state index in [9.17, 15) is 9.18 Å². The molecule has 0 amide bonds. The summed E-state index contributed by atoms with van der Waals surface area (Å²) in [6.07, 6.45) is 0. The third-order valence-electron chi connectivity index (χ3n) is 2.99. The van der Waals surface area contributed by atoms with Crippen LogP contribution in [-0.2, 0) is 4.74 Å². The highest BCUT2D eigenvalue weighted by Gasteiger charge is 2.24. The molecule has 0 bridgehead atoms. The molecule has 1 aromatic heterocycles. The molecular weight excluding hydrogens is 297 g/mol. The maximum absolute atomic E-state index is 14.1. The van der Waals surface area contributed by atoms with Crippen LogP contribution in [0.15, 0.2) is 34.7 Å². The van der Waals surface area contributed by atoms with Gasteiger partial charge in [0.2, 0.25) is 5.76 Å². The quantitative estimate of drug-likeness (QED) is 0.858. The first kappa shape index (κ1) is 15.5. The molecule has 2 aromatic rings. The van der Waals surface area contributed by atoms with E-state index in [0.717, 1.165) is 0 Å². The van der Waals surface area contributed by atoms with Crippen LogP contribution < -0.4 is 5.32 Å². The van der Waals surface area contributed by atoms with Crippen LogP contribution in [0.2, 0.25) is 5.02 Å². The van der Waals surface area contributed by atoms with E-state index in [0.29, 0.717) is 12.3 Å². The van der Waals surface area contributed by atoms with Crippen molar-refractivity contribution in [1.82, 2.24) is 5.32 Å². The zero-order valence-corrected chi connectivity index (χ0v) is 12.4. The van der Waals surface area contributed by atoms with Gasteiger partial charge in [0, 0.05) is 10.6 Å². The lowest BCUT2D eigenvalue weighted by Gasteiger charge is -2.18. The smallest absolute Gasteiger partial charge is 0.373 e. The minimum atomic E-state index is -0.587. The van der Waals surface area contributed by atoms with Crippen molar-refractivity contribution in [2.24, 2.45) is 0 Å². The summed E-state index contributed by atoms with van der Waals surface area (Å²) < 4.78 is 24.1. The number of furan rings is 1. The normalized spacial score (nSPS) is 12.2. The van der Waals surface area contributed by atoms with E-state index in [-0.39, 0.29) is 16.3 Å². The minimum absolute atomic E-state index is 0.0582. The predicted molar refractivity (Wildman–Crippen MR) is 77.0 cm³/mol. The van der Waals surface area contributed by atoms with Gasteiger partial charge >= 0.3 is 5.97 Å². The first-order valence-corrected chi connectivity index (χ1v) is 6.81. The third kappa shape index (κ3) is 3.25. The lowest BCUT2D eigenvalue weighted by atomic mass is 10.0. The number of halogens is 2. The van der Waals surface area contributed by atoms with Crippen LogP contribution in [0.25, 0.3) is 0 Å². The van der Waals surface area contributed by atoms with E-state index in [4.69, 9.17) is 16.0 Å². The Hall–Kier alpha value is -1.85. The number of benzene rings is 1. The summed E-state index contributed by atoms with van der Waals surface area (Å²) >= 11 is 6.09. The van der Waals surface area contributed by atoms with Gasteiger partial charge in [-0.05, 0) is 30.8 Å². The van der Waals surface area contributed by atoms with E-state index in [1.54, 1.807) is 12.1 Å². The number of ether oxygens (including phenoxy) is 1. The molecule has 0 aliphatic carbocycles. The summed E-state index contributed by atoms with van der Waals surface area (Å²) in [6, 6.07) is 6.97. The van der Waals surface area contributed by atoms with Gasteiger partial charge in [-0.15, -0.1) is 0 Å². The molecule has 112 valence electrons. The summed E-state index contributed by atoms with van der Waals surface area (Å²) in [5, 5.41) is 3.39. The first-order valence-electron chi connectivity index (χ1n) is 6.43. The number of rotatable bonds is 5. The lowest BCUT2D eigenvalue weighted by molar-refractivity contribution is 0.0562. The Morgan fingerprint density at radius 1 is 1.43 bits per heavy atom. The fourth-order valence-electron chi connectivity index (χ4n) is 2.05. The fourth-order valence-corrected chi connectivity index (χ4v) is 2.33. The zero-order valence-electron chi connectivity index (χ0n) is 11.7. The molecule has 1 heterocycles. The molecular formula is C15H15ClFNO3. The highest BCUT2D eigenvalue weighted by atomic mass is 35.5. The van der Waals surface area contributed by atoms with Gasteiger partial charge in [-0.1, -0.05) is 24.6 Å². The summed E-state index contributed by atoms with van der Waals surface area (Å²) in [7, 11) is 1.26. The first-order chi connectivity index (χ1) is 10.1. The summed E-state index contributed by atoms with van der Waals surface area (Å²) in [6.45, 7) is 2.45. The lowest BCUT2D eigenvalue weighted by Crippen LogP contribution is -2.23. The maximum atomic E-state index is 14.1. The van der Waals surface area contributed by atoms with Crippen LogP contribution >= 0.6 is 11.6 Å². The van der Waals surface area contributed by atoms with E-state index in [2.05, 4.69) is 10.1 Å². The van der Waals surface area contributed by atoms with Crippen LogP contribution in [0, 0.1) is 5.82 Å². The van der Waals surface area contributed by atoms with Gasteiger partial charge < -0.3 is 14.5 Å². The van der Waals surface area contributed by atoms with Gasteiger partial charge in [0.1, 0.15) is 11.6 Å². The summed E-state index contributed by atoms with van der Waals surface area (Å²) in [5.74, 6) is -0.576. The van der Waals surface area contributed by atoms with Crippen LogP contribution in [0.1, 0.15) is 34.8 Å². The highest BCUT2D eigenvalue weighted by molar-refractivity contribution is 6.31. The molecule has 0 saturated heterocycles. The molecule has 1 atom stereocenters. The van der Waals surface area contributed by atoms with Crippen molar-refractivity contribution in [3.05, 3.63) is 58.3 Å². The number of esters is 1. The van der Waals surface area contributed by atoms with Gasteiger partial charge in [-0.25, -0.2) is 9.18 Å². The highest BCUT2D eigenvalue weighted by Crippen LogP contribution is 2.31. The van der Waals surface area contributed by atoms with Gasteiger partial charge in [0.15, 0.2) is 0 Å². The number of nitrogens with one attached hydrogen (secondary N) is 1. The second kappa shape index (κ2) is 6.74. The zero-order chi connectivity index (χ0) is 15.4. The summed E-state index contributed by atoms with van der Waals surface area (Å²) in [4.78, 5) is 11.4. The molecule has 6 heteroatoms. The second-order valence-corrected chi connectivity index (χ2v) is 4.73. The van der Waals surface area contributed by atoms with Crippen LogP contribution in [0.3, 0.4) is 0 Å². The Bertz CT molecular complexity index is 621. The molecule has 0 aliphatic rings. The van der Waals surface area contributed by atoms with Crippen LogP contribution in [0.5, 0.6) is 0 Å². The minimum Gasteiger partial charge on any atom is -0.463 e. The van der Waals surface area contributed by atoms with E-state index in [1.807, 2.05) is 6.92 Å². The molecule has 0 spiro atoms. The number of carbonyl (C=O) groups is 1. The SMILES string of the molecule is CCNC(c1ccc(C(=O)OC)o1)c1c(F)cccc1Cl. The monoisotopic (exact) mass is 311 g/mol. The Morgan fingerprint density at radius 2 is 2.19 bits per heavy atom. The fraction of sp³-hybridized carbons (Fsp3) is 0.267. The van der Waals surface area contributed by atoms with Crippen LogP contribution in [-0.4, -0.2) is 19.6 Å². The van der Waals surface area contributed by atoms with Gasteiger partial charge in [0.25, 0.3) is 0 Å². The molecule has 1 unspecified atom stereocenters. The van der Waals surface area contributed by atoms with E-state index < -0.39 is 17.8 Å². The van der Waals surface area contributed by atoms with Gasteiger partial charge in [0.05, 0.1) is 13.2 Å². The Balaban J connectivity index is 2.44. The average Bonchev–Trinajstić information content (AvgIpc) is 2.95. The number of carbonyl (C=O) groups excluding carboxylic acids is 1. The van der Waals surface area contributed by atoms with Crippen molar-refractivity contribution in [2.45, 2.75) is 13.0 Å². The molecule has 0 saturated carbocycles. The van der Waals surface area contributed by atoms with Crippen molar-refractivity contribution < 1.29 is 18.3 Å². The van der Waals surface area contributed by atoms with Crippen molar-refractivity contribution in [3.8, 4) is 0 Å². The molecule has 4 nitrogen and oxygen atoms in total. The largest absolute Gasteiger partial charge is 0.463 e. The number of hydrogen-bond donors (Lipinski definition) is 1. The average molecular weight is 312 g/mol. The van der Waals surface area contributed by atoms with Gasteiger partial charge in [-0.3, -0.25) is 0 Å². The van der Waals surface area contributed by atoms with Crippen molar-refractivity contribution in [1.29, 1.82) is 0 Å². The van der Waals surface area contributed by atoms with E-state index >= 15 is 0 Å². The standard InChI is InChI=1S/C15H15ClFNO3/c1-3-18-14(13-9(16)5-4-6-10(13)17)11-7-8-12(21-11)15(19)20-2/h4-8,14,18H,3H2,1-2H3. The number of methoxy groups -OCH3 is 1. The molecule has 2 rings (SSSR count). The van der Waals surface area contributed by atoms with Crippen molar-refractivity contribution >= 4 is 17.6 Å². The third-order valence-corrected chi connectivity index (χ3v) is 3.32. The Kier molecular flexibility index (Phi) is 4.98. The van der Waals surface area contributed by atoms with Gasteiger partial charge in [-0.2, -0.15) is 0 Å². The maximum Gasteiger partial charge on any atom is 0.373 e. The topological polar surface area (TPSA) is 51.5 Å². The Labute approximate surface area is 126 Å². The molecule has 21 heavy (non-hydrogen) atoms. The Morgan fingerprint density at radius 3 is 2.81 bits per heavy atom. The molecule has 1 aromatic carbocycles. The predicted octanol–water partition coefficient (Wildman–Crippen LogP) is 3.56.